The molecule has 1 fully saturated rings. The van der Waals surface area contributed by atoms with Crippen LogP contribution >= 0.6 is 11.8 Å². The smallest absolute Gasteiger partial charge is 0.129 e. The van der Waals surface area contributed by atoms with E-state index in [0.29, 0.717) is 17.3 Å². The van der Waals surface area contributed by atoms with Gasteiger partial charge in [-0.15, -0.1) is 0 Å². The van der Waals surface area contributed by atoms with E-state index >= 15 is 0 Å². The van der Waals surface area contributed by atoms with E-state index in [1.807, 2.05) is 6.20 Å². The summed E-state index contributed by atoms with van der Waals surface area (Å²) in [5, 5.41) is 4.13. The highest BCUT2D eigenvalue weighted by Crippen LogP contribution is 2.28. The van der Waals surface area contributed by atoms with E-state index in [0.717, 1.165) is 18.9 Å². The highest BCUT2D eigenvalue weighted by molar-refractivity contribution is 8.00. The lowest BCUT2D eigenvalue weighted by Gasteiger charge is -2.38. The third-order valence-electron chi connectivity index (χ3n) is 3.96. The van der Waals surface area contributed by atoms with Crippen LogP contribution in [-0.4, -0.2) is 35.1 Å². The molecule has 1 saturated heterocycles. The second-order valence-corrected chi connectivity index (χ2v) is 6.72. The fourth-order valence-corrected chi connectivity index (χ4v) is 3.64. The third kappa shape index (κ3) is 3.42. The van der Waals surface area contributed by atoms with Gasteiger partial charge in [0.05, 0.1) is 0 Å². The number of thioether (sulfide) groups is 1. The van der Waals surface area contributed by atoms with Gasteiger partial charge in [-0.1, -0.05) is 13.8 Å². The average Bonchev–Trinajstić information content (AvgIpc) is 2.42. The number of aromatic nitrogens is 1. The minimum absolute atomic E-state index is 0.388. The van der Waals surface area contributed by atoms with E-state index in [1.54, 1.807) is 0 Å². The standard InChI is InChI=1S/C15H25N3S/c1-5-16-11(2)14-6-7-17-15(10-14)18-8-9-19-13(4)12(18)3/h6-7,10-13,16H,5,8-9H2,1-4H3. The maximum absolute atomic E-state index is 4.58. The first-order valence-electron chi connectivity index (χ1n) is 7.21. The summed E-state index contributed by atoms with van der Waals surface area (Å²) in [6, 6.07) is 5.30. The first kappa shape index (κ1) is 14.7. The van der Waals surface area contributed by atoms with Gasteiger partial charge >= 0.3 is 0 Å². The summed E-state index contributed by atoms with van der Waals surface area (Å²) in [6.45, 7) is 11.1. The molecule has 19 heavy (non-hydrogen) atoms. The van der Waals surface area contributed by atoms with Gasteiger partial charge in [-0.05, 0) is 38.1 Å². The highest BCUT2D eigenvalue weighted by Gasteiger charge is 2.26. The predicted molar refractivity (Wildman–Crippen MR) is 85.1 cm³/mol. The fraction of sp³-hybridized carbons (Fsp3) is 0.667. The maximum Gasteiger partial charge on any atom is 0.129 e. The number of nitrogens with zero attached hydrogens (tertiary/aromatic N) is 2. The van der Waals surface area contributed by atoms with Crippen LogP contribution in [0.1, 0.15) is 39.3 Å². The van der Waals surface area contributed by atoms with Gasteiger partial charge in [0.2, 0.25) is 0 Å². The molecule has 0 saturated carbocycles. The molecule has 3 unspecified atom stereocenters. The van der Waals surface area contributed by atoms with E-state index < -0.39 is 0 Å². The van der Waals surface area contributed by atoms with Gasteiger partial charge in [-0.3, -0.25) is 0 Å². The van der Waals surface area contributed by atoms with Crippen molar-refractivity contribution in [1.29, 1.82) is 0 Å². The number of hydrogen-bond donors (Lipinski definition) is 1. The van der Waals surface area contributed by atoms with E-state index in [1.165, 1.54) is 11.3 Å². The van der Waals surface area contributed by atoms with Crippen LogP contribution in [0.2, 0.25) is 0 Å². The summed E-state index contributed by atoms with van der Waals surface area (Å²) in [4.78, 5) is 7.03. The first-order valence-corrected chi connectivity index (χ1v) is 8.26. The van der Waals surface area contributed by atoms with Crippen molar-refractivity contribution in [3.05, 3.63) is 23.9 Å². The highest BCUT2D eigenvalue weighted by atomic mass is 32.2. The molecule has 3 atom stereocenters. The van der Waals surface area contributed by atoms with Crippen molar-refractivity contribution in [3.8, 4) is 0 Å². The molecule has 4 heteroatoms. The Balaban J connectivity index is 2.18. The second kappa shape index (κ2) is 6.62. The molecule has 1 aromatic rings. The normalized spacial score (nSPS) is 25.4. The van der Waals surface area contributed by atoms with Crippen molar-refractivity contribution in [1.82, 2.24) is 10.3 Å². The van der Waals surface area contributed by atoms with Gasteiger partial charge in [-0.25, -0.2) is 4.98 Å². The summed E-state index contributed by atoms with van der Waals surface area (Å²) >= 11 is 2.06. The Kier molecular flexibility index (Phi) is 5.11. The Labute approximate surface area is 121 Å². The van der Waals surface area contributed by atoms with Gasteiger partial charge in [0.25, 0.3) is 0 Å². The number of pyridine rings is 1. The Bertz CT molecular complexity index is 410. The van der Waals surface area contributed by atoms with Crippen LogP contribution in [0, 0.1) is 0 Å². The van der Waals surface area contributed by atoms with Gasteiger partial charge in [0, 0.05) is 35.8 Å². The van der Waals surface area contributed by atoms with Crippen molar-refractivity contribution in [3.63, 3.8) is 0 Å². The van der Waals surface area contributed by atoms with Gasteiger partial charge in [0.15, 0.2) is 0 Å². The Hall–Kier alpha value is -0.740. The molecule has 1 aliphatic rings. The molecule has 106 valence electrons. The van der Waals surface area contributed by atoms with E-state index in [9.17, 15) is 0 Å². The fourth-order valence-electron chi connectivity index (χ4n) is 2.54. The Morgan fingerprint density at radius 2 is 2.32 bits per heavy atom. The van der Waals surface area contributed by atoms with Gasteiger partial charge < -0.3 is 10.2 Å². The molecule has 2 rings (SSSR count). The predicted octanol–water partition coefficient (Wildman–Crippen LogP) is 3.08. The summed E-state index contributed by atoms with van der Waals surface area (Å²) in [5.41, 5.74) is 1.32. The quantitative estimate of drug-likeness (QED) is 0.917. The molecule has 0 aromatic carbocycles. The zero-order valence-electron chi connectivity index (χ0n) is 12.4. The van der Waals surface area contributed by atoms with Gasteiger partial charge in [-0.2, -0.15) is 11.8 Å². The zero-order valence-corrected chi connectivity index (χ0v) is 13.2. The molecule has 1 N–H and O–H groups in total. The summed E-state index contributed by atoms with van der Waals surface area (Å²) < 4.78 is 0. The molecule has 0 bridgehead atoms. The lowest BCUT2D eigenvalue weighted by molar-refractivity contribution is 0.593. The largest absolute Gasteiger partial charge is 0.352 e. The number of hydrogen-bond acceptors (Lipinski definition) is 4. The van der Waals surface area contributed by atoms with E-state index in [4.69, 9.17) is 0 Å². The Morgan fingerprint density at radius 1 is 1.53 bits per heavy atom. The third-order valence-corrected chi connectivity index (χ3v) is 5.30. The van der Waals surface area contributed by atoms with Crippen molar-refractivity contribution in [2.24, 2.45) is 0 Å². The summed E-state index contributed by atoms with van der Waals surface area (Å²) in [7, 11) is 0. The first-order chi connectivity index (χ1) is 9.13. The van der Waals surface area contributed by atoms with Crippen molar-refractivity contribution in [2.75, 3.05) is 23.7 Å². The number of nitrogens with one attached hydrogen (secondary N) is 1. The minimum Gasteiger partial charge on any atom is -0.352 e. The van der Waals surface area contributed by atoms with Crippen LogP contribution in [0.3, 0.4) is 0 Å². The molecule has 0 radical (unpaired) electrons. The maximum atomic E-state index is 4.58. The molecular formula is C15H25N3S. The van der Waals surface area contributed by atoms with E-state index in [-0.39, 0.29) is 0 Å². The Morgan fingerprint density at radius 3 is 3.05 bits per heavy atom. The van der Waals surface area contributed by atoms with Crippen molar-refractivity contribution < 1.29 is 0 Å². The molecule has 1 aliphatic heterocycles. The molecular weight excluding hydrogens is 254 g/mol. The van der Waals surface area contributed by atoms with E-state index in [2.05, 4.69) is 66.8 Å². The molecule has 0 spiro atoms. The molecule has 0 amide bonds. The molecule has 1 aromatic heterocycles. The molecule has 3 nitrogen and oxygen atoms in total. The molecule has 0 aliphatic carbocycles. The van der Waals surface area contributed by atoms with Crippen LogP contribution < -0.4 is 10.2 Å². The minimum atomic E-state index is 0.388. The summed E-state index contributed by atoms with van der Waals surface area (Å²) in [6.07, 6.45) is 1.94. The monoisotopic (exact) mass is 279 g/mol. The lowest BCUT2D eigenvalue weighted by atomic mass is 10.1. The van der Waals surface area contributed by atoms with Crippen LogP contribution in [0.4, 0.5) is 5.82 Å². The number of rotatable bonds is 4. The topological polar surface area (TPSA) is 28.2 Å². The van der Waals surface area contributed by atoms with Crippen LogP contribution in [0.15, 0.2) is 18.3 Å². The van der Waals surface area contributed by atoms with Crippen molar-refractivity contribution in [2.45, 2.75) is 45.0 Å². The second-order valence-electron chi connectivity index (χ2n) is 5.24. The zero-order chi connectivity index (χ0) is 13.8. The van der Waals surface area contributed by atoms with Crippen molar-refractivity contribution >= 4 is 17.6 Å². The SMILES string of the molecule is CCNC(C)c1ccnc(N2CCSC(C)C2C)c1. The summed E-state index contributed by atoms with van der Waals surface area (Å²) in [5.74, 6) is 2.32. The number of anilines is 1. The van der Waals surface area contributed by atoms with Crippen LogP contribution in [0.5, 0.6) is 0 Å². The average molecular weight is 279 g/mol. The lowest BCUT2D eigenvalue weighted by Crippen LogP contribution is -2.45. The molecule has 2 heterocycles. The van der Waals surface area contributed by atoms with Crippen LogP contribution in [-0.2, 0) is 0 Å². The van der Waals surface area contributed by atoms with Crippen LogP contribution in [0.25, 0.3) is 0 Å². The van der Waals surface area contributed by atoms with Gasteiger partial charge in [0.1, 0.15) is 5.82 Å².